The molecule has 24 heavy (non-hydrogen) atoms. The first-order chi connectivity index (χ1) is 11.4. The lowest BCUT2D eigenvalue weighted by Crippen LogP contribution is -2.39. The Hall–Kier alpha value is -2.03. The standard InChI is InChI=1S/C18H19ClN2O3/c1-4-6-18(24-11(3)22)17-12(5-7-23-18)15-13(9-20)10(2)8-14(19)16(15)21-17/h8,21H,4-7H2,1-3H3. The van der Waals surface area contributed by atoms with Crippen molar-refractivity contribution in [2.24, 2.45) is 0 Å². The highest BCUT2D eigenvalue weighted by atomic mass is 35.5. The Morgan fingerprint density at radius 1 is 1.58 bits per heavy atom. The van der Waals surface area contributed by atoms with E-state index in [9.17, 15) is 10.1 Å². The van der Waals surface area contributed by atoms with Gasteiger partial charge in [0.25, 0.3) is 5.79 Å². The molecule has 3 rings (SSSR count). The van der Waals surface area contributed by atoms with E-state index < -0.39 is 11.8 Å². The molecule has 0 aliphatic carbocycles. The zero-order valence-electron chi connectivity index (χ0n) is 14.0. The fourth-order valence-corrected chi connectivity index (χ4v) is 3.83. The smallest absolute Gasteiger partial charge is 0.305 e. The number of nitrogens with one attached hydrogen (secondary N) is 1. The Labute approximate surface area is 145 Å². The number of hydrogen-bond acceptors (Lipinski definition) is 4. The number of halogens is 1. The van der Waals surface area contributed by atoms with Crippen molar-refractivity contribution in [3.8, 4) is 6.07 Å². The number of aromatic amines is 1. The van der Waals surface area contributed by atoms with Crippen molar-refractivity contribution in [1.82, 2.24) is 4.98 Å². The molecule has 1 aromatic carbocycles. The number of aromatic nitrogens is 1. The minimum absolute atomic E-state index is 0.405. The van der Waals surface area contributed by atoms with Crippen LogP contribution in [-0.4, -0.2) is 17.6 Å². The number of H-pyrrole nitrogens is 1. The number of benzene rings is 1. The molecule has 5 nitrogen and oxygen atoms in total. The van der Waals surface area contributed by atoms with E-state index >= 15 is 0 Å². The molecule has 6 heteroatoms. The number of ether oxygens (including phenoxy) is 2. The molecule has 1 aliphatic heterocycles. The van der Waals surface area contributed by atoms with Crippen molar-refractivity contribution in [2.45, 2.75) is 45.8 Å². The van der Waals surface area contributed by atoms with Crippen LogP contribution in [0.3, 0.4) is 0 Å². The number of carbonyl (C=O) groups is 1. The van der Waals surface area contributed by atoms with Gasteiger partial charge in [0.2, 0.25) is 0 Å². The van der Waals surface area contributed by atoms with Gasteiger partial charge in [0.05, 0.1) is 28.4 Å². The van der Waals surface area contributed by atoms with E-state index in [-0.39, 0.29) is 0 Å². The van der Waals surface area contributed by atoms with Crippen LogP contribution < -0.4 is 0 Å². The molecule has 1 aliphatic rings. The number of fused-ring (bicyclic) bond motifs is 3. The molecular weight excluding hydrogens is 328 g/mol. The van der Waals surface area contributed by atoms with Gasteiger partial charge in [0, 0.05) is 18.7 Å². The maximum absolute atomic E-state index is 11.7. The first kappa shape index (κ1) is 16.8. The van der Waals surface area contributed by atoms with Crippen molar-refractivity contribution < 1.29 is 14.3 Å². The molecule has 1 aromatic heterocycles. The number of esters is 1. The van der Waals surface area contributed by atoms with Crippen LogP contribution in [0.5, 0.6) is 0 Å². The fourth-order valence-electron chi connectivity index (χ4n) is 3.52. The van der Waals surface area contributed by atoms with E-state index in [1.165, 1.54) is 6.92 Å². The number of carbonyl (C=O) groups excluding carboxylic acids is 1. The van der Waals surface area contributed by atoms with Gasteiger partial charge in [-0.3, -0.25) is 4.79 Å². The van der Waals surface area contributed by atoms with Crippen molar-refractivity contribution in [3.63, 3.8) is 0 Å². The average molecular weight is 347 g/mol. The molecule has 1 unspecified atom stereocenters. The quantitative estimate of drug-likeness (QED) is 0.849. The molecule has 0 spiro atoms. The van der Waals surface area contributed by atoms with Crippen LogP contribution in [0.25, 0.3) is 10.9 Å². The Morgan fingerprint density at radius 2 is 2.33 bits per heavy atom. The molecule has 0 radical (unpaired) electrons. The third kappa shape index (κ3) is 2.47. The van der Waals surface area contributed by atoms with Gasteiger partial charge in [-0.2, -0.15) is 5.26 Å². The number of nitrogens with zero attached hydrogens (tertiary/aromatic N) is 1. The zero-order valence-corrected chi connectivity index (χ0v) is 14.7. The Bertz CT molecular complexity index is 865. The summed E-state index contributed by atoms with van der Waals surface area (Å²) >= 11 is 6.40. The van der Waals surface area contributed by atoms with E-state index in [0.29, 0.717) is 41.2 Å². The summed E-state index contributed by atoms with van der Waals surface area (Å²) in [5.41, 5.74) is 3.78. The van der Waals surface area contributed by atoms with Gasteiger partial charge < -0.3 is 14.5 Å². The van der Waals surface area contributed by atoms with Gasteiger partial charge in [0.1, 0.15) is 6.07 Å². The highest BCUT2D eigenvalue weighted by molar-refractivity contribution is 6.35. The molecule has 0 saturated heterocycles. The normalized spacial score (nSPS) is 19.8. The lowest BCUT2D eigenvalue weighted by atomic mass is 9.94. The van der Waals surface area contributed by atoms with Gasteiger partial charge in [-0.05, 0) is 37.0 Å². The van der Waals surface area contributed by atoms with E-state index in [0.717, 1.165) is 22.9 Å². The van der Waals surface area contributed by atoms with Gasteiger partial charge >= 0.3 is 5.97 Å². The largest absolute Gasteiger partial charge is 0.427 e. The van der Waals surface area contributed by atoms with E-state index in [2.05, 4.69) is 11.1 Å². The summed E-state index contributed by atoms with van der Waals surface area (Å²) in [6.07, 6.45) is 1.95. The Kier molecular flexibility index (Phi) is 4.29. The summed E-state index contributed by atoms with van der Waals surface area (Å²) in [6.45, 7) is 5.66. The minimum atomic E-state index is -1.14. The molecule has 0 saturated carbocycles. The summed E-state index contributed by atoms with van der Waals surface area (Å²) in [5, 5.41) is 10.9. The van der Waals surface area contributed by atoms with E-state index in [4.69, 9.17) is 21.1 Å². The molecule has 126 valence electrons. The lowest BCUT2D eigenvalue weighted by Gasteiger charge is -2.36. The highest BCUT2D eigenvalue weighted by Crippen LogP contribution is 2.43. The van der Waals surface area contributed by atoms with Gasteiger partial charge in [-0.1, -0.05) is 18.5 Å². The second kappa shape index (κ2) is 6.12. The average Bonchev–Trinajstić information content (AvgIpc) is 2.89. The summed E-state index contributed by atoms with van der Waals surface area (Å²) in [5.74, 6) is -1.55. The third-order valence-electron chi connectivity index (χ3n) is 4.40. The first-order valence-electron chi connectivity index (χ1n) is 8.01. The van der Waals surface area contributed by atoms with Crippen molar-refractivity contribution >= 4 is 28.5 Å². The number of aryl methyl sites for hydroxylation is 1. The van der Waals surface area contributed by atoms with Crippen LogP contribution in [0, 0.1) is 18.3 Å². The molecule has 1 atom stereocenters. The monoisotopic (exact) mass is 346 g/mol. The maximum Gasteiger partial charge on any atom is 0.305 e. The number of hydrogen-bond donors (Lipinski definition) is 1. The minimum Gasteiger partial charge on any atom is -0.427 e. The summed E-state index contributed by atoms with van der Waals surface area (Å²) in [7, 11) is 0. The van der Waals surface area contributed by atoms with Crippen LogP contribution in [0.2, 0.25) is 5.02 Å². The Morgan fingerprint density at radius 3 is 2.96 bits per heavy atom. The molecule has 0 amide bonds. The predicted octanol–water partition coefficient (Wildman–Crippen LogP) is 4.09. The number of rotatable bonds is 3. The van der Waals surface area contributed by atoms with E-state index in [1.807, 2.05) is 13.8 Å². The summed E-state index contributed by atoms with van der Waals surface area (Å²) < 4.78 is 11.5. The highest BCUT2D eigenvalue weighted by Gasteiger charge is 2.43. The molecule has 0 fully saturated rings. The molecule has 2 aromatic rings. The van der Waals surface area contributed by atoms with Crippen LogP contribution in [-0.2, 0) is 26.5 Å². The van der Waals surface area contributed by atoms with E-state index in [1.54, 1.807) is 6.07 Å². The SMILES string of the molecule is CCCC1(OC(C)=O)OCCc2c1[nH]c1c(Cl)cc(C)c(C#N)c21. The molecule has 1 N–H and O–H groups in total. The van der Waals surface area contributed by atoms with Crippen LogP contribution in [0.15, 0.2) is 6.07 Å². The van der Waals surface area contributed by atoms with Crippen molar-refractivity contribution in [2.75, 3.05) is 6.61 Å². The van der Waals surface area contributed by atoms with Gasteiger partial charge in [-0.25, -0.2) is 0 Å². The van der Waals surface area contributed by atoms with Crippen LogP contribution >= 0.6 is 11.6 Å². The molecule has 2 heterocycles. The summed E-state index contributed by atoms with van der Waals surface area (Å²) in [4.78, 5) is 14.9. The topological polar surface area (TPSA) is 75.1 Å². The molecule has 0 bridgehead atoms. The van der Waals surface area contributed by atoms with Crippen LogP contribution in [0.4, 0.5) is 0 Å². The zero-order chi connectivity index (χ0) is 17.5. The summed E-state index contributed by atoms with van der Waals surface area (Å²) in [6, 6.07) is 4.05. The van der Waals surface area contributed by atoms with Gasteiger partial charge in [-0.15, -0.1) is 0 Å². The lowest BCUT2D eigenvalue weighted by molar-refractivity contribution is -0.247. The Balaban J connectivity index is 2.34. The third-order valence-corrected chi connectivity index (χ3v) is 4.70. The second-order valence-electron chi connectivity index (χ2n) is 6.09. The number of nitriles is 1. The second-order valence-corrected chi connectivity index (χ2v) is 6.49. The van der Waals surface area contributed by atoms with Gasteiger partial charge in [0.15, 0.2) is 0 Å². The maximum atomic E-state index is 11.7. The predicted molar refractivity (Wildman–Crippen MR) is 90.8 cm³/mol. The van der Waals surface area contributed by atoms with Crippen molar-refractivity contribution in [3.05, 3.63) is 33.5 Å². The fraction of sp³-hybridized carbons (Fsp3) is 0.444. The molecular formula is C18H19ClN2O3. The van der Waals surface area contributed by atoms with Crippen LogP contribution in [0.1, 0.15) is 49.1 Å². The van der Waals surface area contributed by atoms with Crippen molar-refractivity contribution in [1.29, 1.82) is 5.26 Å². The first-order valence-corrected chi connectivity index (χ1v) is 8.39.